The van der Waals surface area contributed by atoms with Crippen molar-refractivity contribution in [2.45, 2.75) is 13.8 Å². The molecule has 0 saturated heterocycles. The van der Waals surface area contributed by atoms with Gasteiger partial charge in [-0.1, -0.05) is 0 Å². The van der Waals surface area contributed by atoms with Crippen molar-refractivity contribution in [2.75, 3.05) is 6.61 Å². The highest BCUT2D eigenvalue weighted by Gasteiger charge is 2.16. The first-order chi connectivity index (χ1) is 6.56. The Morgan fingerprint density at radius 2 is 2.07 bits per heavy atom. The van der Waals surface area contributed by atoms with Crippen LogP contribution in [0.5, 0.6) is 0 Å². The number of benzene rings is 1. The van der Waals surface area contributed by atoms with E-state index in [1.54, 1.807) is 13.8 Å². The average Bonchev–Trinajstić information content (AvgIpc) is 2.11. The van der Waals surface area contributed by atoms with Gasteiger partial charge >= 0.3 is 5.97 Å². The molecule has 0 amide bonds. The van der Waals surface area contributed by atoms with Crippen LogP contribution in [0, 0.1) is 18.6 Å². The Morgan fingerprint density at radius 1 is 1.43 bits per heavy atom. The zero-order valence-electron chi connectivity index (χ0n) is 7.93. The third-order valence-electron chi connectivity index (χ3n) is 1.67. The summed E-state index contributed by atoms with van der Waals surface area (Å²) in [6, 6.07) is 2.29. The molecule has 2 nitrogen and oxygen atoms in total. The second kappa shape index (κ2) is 4.17. The first-order valence-electron chi connectivity index (χ1n) is 4.19. The van der Waals surface area contributed by atoms with Crippen molar-refractivity contribution in [3.05, 3.63) is 34.9 Å². The van der Waals surface area contributed by atoms with Crippen LogP contribution in [-0.2, 0) is 4.74 Å². The molecule has 0 radical (unpaired) electrons. The van der Waals surface area contributed by atoms with Gasteiger partial charge in [-0.05, 0) is 31.5 Å². The smallest absolute Gasteiger partial charge is 0.341 e. The standard InChI is InChI=1S/C10H10F2O2/c1-3-14-10(13)7-4-6(2)5-8(11)9(7)12/h4-5H,3H2,1-2H3. The summed E-state index contributed by atoms with van der Waals surface area (Å²) in [4.78, 5) is 11.1. The lowest BCUT2D eigenvalue weighted by Crippen LogP contribution is -2.09. The highest BCUT2D eigenvalue weighted by molar-refractivity contribution is 5.89. The fourth-order valence-electron chi connectivity index (χ4n) is 1.08. The zero-order chi connectivity index (χ0) is 10.7. The molecule has 0 N–H and O–H groups in total. The lowest BCUT2D eigenvalue weighted by atomic mass is 10.1. The summed E-state index contributed by atoms with van der Waals surface area (Å²) in [5.74, 6) is -3.03. The maximum absolute atomic E-state index is 13.1. The topological polar surface area (TPSA) is 26.3 Å². The molecule has 1 aromatic carbocycles. The Hall–Kier alpha value is -1.45. The van der Waals surface area contributed by atoms with Crippen LogP contribution in [-0.4, -0.2) is 12.6 Å². The van der Waals surface area contributed by atoms with Gasteiger partial charge in [0.1, 0.15) is 0 Å². The number of carbonyl (C=O) groups is 1. The van der Waals surface area contributed by atoms with Crippen LogP contribution >= 0.6 is 0 Å². The second-order valence-corrected chi connectivity index (χ2v) is 2.83. The van der Waals surface area contributed by atoms with Gasteiger partial charge in [-0.3, -0.25) is 0 Å². The highest BCUT2D eigenvalue weighted by Crippen LogP contribution is 2.15. The van der Waals surface area contributed by atoms with Gasteiger partial charge < -0.3 is 4.74 Å². The highest BCUT2D eigenvalue weighted by atomic mass is 19.2. The molecular formula is C10H10F2O2. The summed E-state index contributed by atoms with van der Waals surface area (Å²) >= 11 is 0. The van der Waals surface area contributed by atoms with Crippen LogP contribution < -0.4 is 0 Å². The van der Waals surface area contributed by atoms with Crippen molar-refractivity contribution in [3.63, 3.8) is 0 Å². The molecule has 0 aliphatic carbocycles. The summed E-state index contributed by atoms with van der Waals surface area (Å²) in [6.07, 6.45) is 0. The lowest BCUT2D eigenvalue weighted by Gasteiger charge is -2.04. The molecule has 0 unspecified atom stereocenters. The minimum absolute atomic E-state index is 0.133. The average molecular weight is 200 g/mol. The fraction of sp³-hybridized carbons (Fsp3) is 0.300. The maximum atomic E-state index is 13.1. The first-order valence-corrected chi connectivity index (χ1v) is 4.19. The summed E-state index contributed by atoms with van der Waals surface area (Å²) in [6.45, 7) is 3.31. The molecule has 0 fully saturated rings. The van der Waals surface area contributed by atoms with Crippen molar-refractivity contribution in [1.29, 1.82) is 0 Å². The van der Waals surface area contributed by atoms with Gasteiger partial charge in [0, 0.05) is 0 Å². The van der Waals surface area contributed by atoms with Gasteiger partial charge in [0.2, 0.25) is 0 Å². The maximum Gasteiger partial charge on any atom is 0.341 e. The van der Waals surface area contributed by atoms with E-state index in [2.05, 4.69) is 4.74 Å². The molecule has 0 aromatic heterocycles. The number of halogens is 2. The molecule has 0 bridgehead atoms. The zero-order valence-corrected chi connectivity index (χ0v) is 7.93. The lowest BCUT2D eigenvalue weighted by molar-refractivity contribution is 0.0519. The minimum Gasteiger partial charge on any atom is -0.462 e. The number of esters is 1. The monoisotopic (exact) mass is 200 g/mol. The van der Waals surface area contributed by atoms with Gasteiger partial charge in [0.25, 0.3) is 0 Å². The Morgan fingerprint density at radius 3 is 2.64 bits per heavy atom. The van der Waals surface area contributed by atoms with Gasteiger partial charge in [-0.15, -0.1) is 0 Å². The third-order valence-corrected chi connectivity index (χ3v) is 1.67. The molecule has 76 valence electrons. The van der Waals surface area contributed by atoms with Crippen LogP contribution in [0.25, 0.3) is 0 Å². The van der Waals surface area contributed by atoms with E-state index in [0.717, 1.165) is 6.07 Å². The molecule has 0 aliphatic heterocycles. The van der Waals surface area contributed by atoms with Gasteiger partial charge in [-0.25, -0.2) is 13.6 Å². The Kier molecular flexibility index (Phi) is 3.17. The summed E-state index contributed by atoms with van der Waals surface area (Å²) in [5.41, 5.74) is 0.122. The number of rotatable bonds is 2. The van der Waals surface area contributed by atoms with Gasteiger partial charge in [-0.2, -0.15) is 0 Å². The van der Waals surface area contributed by atoms with Crippen molar-refractivity contribution in [3.8, 4) is 0 Å². The van der Waals surface area contributed by atoms with E-state index in [0.29, 0.717) is 5.56 Å². The van der Waals surface area contributed by atoms with Gasteiger partial charge in [0.05, 0.1) is 12.2 Å². The van der Waals surface area contributed by atoms with E-state index in [9.17, 15) is 13.6 Å². The van der Waals surface area contributed by atoms with E-state index in [1.165, 1.54) is 6.07 Å². The first kappa shape index (κ1) is 10.6. The van der Waals surface area contributed by atoms with E-state index in [-0.39, 0.29) is 12.2 Å². The predicted octanol–water partition coefficient (Wildman–Crippen LogP) is 2.45. The van der Waals surface area contributed by atoms with Crippen LogP contribution in [0.15, 0.2) is 12.1 Å². The molecule has 0 heterocycles. The Balaban J connectivity index is 3.13. The predicted molar refractivity (Wildman–Crippen MR) is 47.1 cm³/mol. The molecule has 0 saturated carbocycles. The van der Waals surface area contributed by atoms with Crippen LogP contribution in [0.1, 0.15) is 22.8 Å². The van der Waals surface area contributed by atoms with Gasteiger partial charge in [0.15, 0.2) is 11.6 Å². The third kappa shape index (κ3) is 2.07. The van der Waals surface area contributed by atoms with Crippen molar-refractivity contribution in [2.24, 2.45) is 0 Å². The number of hydrogen-bond acceptors (Lipinski definition) is 2. The summed E-state index contributed by atoms with van der Waals surface area (Å²) < 4.78 is 30.5. The van der Waals surface area contributed by atoms with Crippen molar-refractivity contribution >= 4 is 5.97 Å². The molecule has 14 heavy (non-hydrogen) atoms. The molecule has 1 rings (SSSR count). The quantitative estimate of drug-likeness (QED) is 0.685. The fourth-order valence-corrected chi connectivity index (χ4v) is 1.08. The van der Waals surface area contributed by atoms with Crippen molar-refractivity contribution in [1.82, 2.24) is 0 Å². The molecule has 0 aliphatic rings. The van der Waals surface area contributed by atoms with Crippen LogP contribution in [0.2, 0.25) is 0 Å². The largest absolute Gasteiger partial charge is 0.462 e. The van der Waals surface area contributed by atoms with E-state index >= 15 is 0 Å². The van der Waals surface area contributed by atoms with E-state index < -0.39 is 17.6 Å². The molecule has 0 atom stereocenters. The number of ether oxygens (including phenoxy) is 1. The van der Waals surface area contributed by atoms with Crippen molar-refractivity contribution < 1.29 is 18.3 Å². The number of carbonyl (C=O) groups excluding carboxylic acids is 1. The molecule has 4 heteroatoms. The SMILES string of the molecule is CCOC(=O)c1cc(C)cc(F)c1F. The second-order valence-electron chi connectivity index (χ2n) is 2.83. The number of aryl methyl sites for hydroxylation is 1. The summed E-state index contributed by atoms with van der Waals surface area (Å²) in [7, 11) is 0. The van der Waals surface area contributed by atoms with E-state index in [1.807, 2.05) is 0 Å². The minimum atomic E-state index is -1.16. The summed E-state index contributed by atoms with van der Waals surface area (Å²) in [5, 5.41) is 0. The van der Waals surface area contributed by atoms with E-state index in [4.69, 9.17) is 0 Å². The molecule has 0 spiro atoms. The number of hydrogen-bond donors (Lipinski definition) is 0. The Labute approximate surface area is 80.5 Å². The van der Waals surface area contributed by atoms with Crippen LogP contribution in [0.3, 0.4) is 0 Å². The normalized spacial score (nSPS) is 10.0. The Bertz CT molecular complexity index is 361. The molecule has 1 aromatic rings. The molecular weight excluding hydrogens is 190 g/mol. The van der Waals surface area contributed by atoms with Crippen LogP contribution in [0.4, 0.5) is 8.78 Å².